The molecule has 110 valence electrons. The lowest BCUT2D eigenvalue weighted by atomic mass is 9.83. The van der Waals surface area contributed by atoms with Crippen molar-refractivity contribution in [2.75, 3.05) is 0 Å². The molecule has 5 nitrogen and oxygen atoms in total. The summed E-state index contributed by atoms with van der Waals surface area (Å²) in [6, 6.07) is 5.77. The summed E-state index contributed by atoms with van der Waals surface area (Å²) in [5.74, 6) is -0.470. The normalized spacial score (nSPS) is 17.0. The molecule has 1 saturated carbocycles. The van der Waals surface area contributed by atoms with Gasteiger partial charge in [-0.2, -0.15) is 4.98 Å². The molecule has 1 aromatic heterocycles. The molecule has 0 unspecified atom stereocenters. The van der Waals surface area contributed by atoms with Gasteiger partial charge in [0, 0.05) is 12.0 Å². The molecular formula is C15H15FN2O3. The molecule has 0 aliphatic heterocycles. The molecule has 0 bridgehead atoms. The highest BCUT2D eigenvalue weighted by atomic mass is 19.1. The van der Waals surface area contributed by atoms with Crippen molar-refractivity contribution in [2.24, 2.45) is 5.41 Å². The summed E-state index contributed by atoms with van der Waals surface area (Å²) in [4.78, 5) is 15.7. The number of hydrogen-bond donors (Lipinski definition) is 1. The Bertz CT molecular complexity index is 645. The van der Waals surface area contributed by atoms with Gasteiger partial charge >= 0.3 is 5.97 Å². The van der Waals surface area contributed by atoms with Gasteiger partial charge in [0.05, 0.1) is 5.41 Å². The molecule has 0 atom stereocenters. The van der Waals surface area contributed by atoms with E-state index in [1.165, 1.54) is 12.1 Å². The summed E-state index contributed by atoms with van der Waals surface area (Å²) >= 11 is 0. The van der Waals surface area contributed by atoms with Crippen molar-refractivity contribution in [3.8, 4) is 11.4 Å². The number of hydrogen-bond acceptors (Lipinski definition) is 4. The quantitative estimate of drug-likeness (QED) is 0.936. The lowest BCUT2D eigenvalue weighted by molar-refractivity contribution is -0.148. The topological polar surface area (TPSA) is 76.2 Å². The highest BCUT2D eigenvalue weighted by Crippen LogP contribution is 2.41. The third kappa shape index (κ3) is 2.66. The zero-order chi connectivity index (χ0) is 14.9. The summed E-state index contributed by atoms with van der Waals surface area (Å²) in [7, 11) is 0. The molecule has 3 rings (SSSR count). The Balaban J connectivity index is 1.82. The van der Waals surface area contributed by atoms with Gasteiger partial charge < -0.3 is 9.63 Å². The first-order valence-electron chi connectivity index (χ1n) is 6.91. The van der Waals surface area contributed by atoms with Crippen LogP contribution in [0.3, 0.4) is 0 Å². The first kappa shape index (κ1) is 13.7. The summed E-state index contributed by atoms with van der Waals surface area (Å²) in [5.41, 5.74) is -0.144. The molecule has 1 N–H and O–H groups in total. The molecule has 0 radical (unpaired) electrons. The molecule has 6 heteroatoms. The van der Waals surface area contributed by atoms with E-state index in [4.69, 9.17) is 4.52 Å². The van der Waals surface area contributed by atoms with Gasteiger partial charge in [-0.15, -0.1) is 0 Å². The number of halogens is 1. The smallest absolute Gasteiger partial charge is 0.310 e. The van der Waals surface area contributed by atoms with Crippen LogP contribution in [-0.4, -0.2) is 21.2 Å². The second-order valence-corrected chi connectivity index (χ2v) is 5.49. The highest BCUT2D eigenvalue weighted by molar-refractivity contribution is 5.75. The van der Waals surface area contributed by atoms with Gasteiger partial charge in [0.2, 0.25) is 11.7 Å². The lowest BCUT2D eigenvalue weighted by Gasteiger charge is -2.21. The van der Waals surface area contributed by atoms with E-state index >= 15 is 0 Å². The Labute approximate surface area is 120 Å². The number of benzene rings is 1. The number of rotatable bonds is 4. The number of carboxylic acids is 1. The highest BCUT2D eigenvalue weighted by Gasteiger charge is 2.42. The summed E-state index contributed by atoms with van der Waals surface area (Å²) in [6.45, 7) is 0. The van der Waals surface area contributed by atoms with E-state index in [2.05, 4.69) is 10.1 Å². The van der Waals surface area contributed by atoms with Crippen LogP contribution in [0.4, 0.5) is 4.39 Å². The molecule has 0 spiro atoms. The SMILES string of the molecule is O=C(O)C1(Cc2nc(-c3ccc(F)cc3)no2)CCCC1. The van der Waals surface area contributed by atoms with E-state index in [0.29, 0.717) is 30.1 Å². The van der Waals surface area contributed by atoms with Gasteiger partial charge in [-0.25, -0.2) is 4.39 Å². The molecule has 0 amide bonds. The van der Waals surface area contributed by atoms with Gasteiger partial charge in [-0.1, -0.05) is 18.0 Å². The van der Waals surface area contributed by atoms with Crippen molar-refractivity contribution in [2.45, 2.75) is 32.1 Å². The maximum atomic E-state index is 12.9. The minimum Gasteiger partial charge on any atom is -0.481 e. The van der Waals surface area contributed by atoms with Crippen LogP contribution >= 0.6 is 0 Å². The lowest BCUT2D eigenvalue weighted by Crippen LogP contribution is -2.30. The van der Waals surface area contributed by atoms with Gasteiger partial charge in [0.15, 0.2) is 0 Å². The summed E-state index contributed by atoms with van der Waals surface area (Å²) in [6.07, 6.45) is 3.33. The molecule has 1 aromatic carbocycles. The van der Waals surface area contributed by atoms with Crippen LogP contribution in [-0.2, 0) is 11.2 Å². The number of aliphatic carboxylic acids is 1. The van der Waals surface area contributed by atoms with E-state index in [-0.39, 0.29) is 12.2 Å². The zero-order valence-electron chi connectivity index (χ0n) is 11.4. The minimum absolute atomic E-state index is 0.247. The van der Waals surface area contributed by atoms with Gasteiger partial charge in [0.1, 0.15) is 5.82 Å². The maximum absolute atomic E-state index is 12.9. The van der Waals surface area contributed by atoms with Crippen LogP contribution in [0.2, 0.25) is 0 Å². The van der Waals surface area contributed by atoms with E-state index in [1.807, 2.05) is 0 Å². The van der Waals surface area contributed by atoms with Crippen molar-refractivity contribution < 1.29 is 18.8 Å². The molecule has 0 saturated heterocycles. The van der Waals surface area contributed by atoms with E-state index in [1.54, 1.807) is 12.1 Å². The standard InChI is InChI=1S/C15H15FN2O3/c16-11-5-3-10(4-6-11)13-17-12(21-18-13)9-15(14(19)20)7-1-2-8-15/h3-6H,1-2,7-9H2,(H,19,20). The molecule has 1 aliphatic carbocycles. The van der Waals surface area contributed by atoms with Crippen LogP contribution in [0.1, 0.15) is 31.6 Å². The molecule has 21 heavy (non-hydrogen) atoms. The molecular weight excluding hydrogens is 275 g/mol. The van der Waals surface area contributed by atoms with Crippen molar-refractivity contribution >= 4 is 5.97 Å². The molecule has 2 aromatic rings. The third-order valence-corrected chi connectivity index (χ3v) is 4.07. The fraction of sp³-hybridized carbons (Fsp3) is 0.400. The second kappa shape index (κ2) is 5.27. The van der Waals surface area contributed by atoms with Crippen molar-refractivity contribution in [1.29, 1.82) is 0 Å². The predicted octanol–water partition coefficient (Wildman–Crippen LogP) is 3.06. The fourth-order valence-electron chi connectivity index (χ4n) is 2.85. The number of carboxylic acid groups (broad SMARTS) is 1. The Morgan fingerprint density at radius 3 is 2.57 bits per heavy atom. The average Bonchev–Trinajstić information content (AvgIpc) is 3.10. The number of aromatic nitrogens is 2. The van der Waals surface area contributed by atoms with E-state index in [0.717, 1.165) is 12.8 Å². The largest absolute Gasteiger partial charge is 0.481 e. The Hall–Kier alpha value is -2.24. The Morgan fingerprint density at radius 1 is 1.29 bits per heavy atom. The first-order valence-corrected chi connectivity index (χ1v) is 6.91. The third-order valence-electron chi connectivity index (χ3n) is 4.07. The van der Waals surface area contributed by atoms with Gasteiger partial charge in [-0.05, 0) is 37.1 Å². The first-order chi connectivity index (χ1) is 10.1. The van der Waals surface area contributed by atoms with Crippen LogP contribution in [0, 0.1) is 11.2 Å². The predicted molar refractivity (Wildman–Crippen MR) is 71.9 cm³/mol. The van der Waals surface area contributed by atoms with E-state index in [9.17, 15) is 14.3 Å². The zero-order valence-corrected chi connectivity index (χ0v) is 11.4. The molecule has 1 heterocycles. The Morgan fingerprint density at radius 2 is 1.95 bits per heavy atom. The van der Waals surface area contributed by atoms with Crippen LogP contribution in [0.25, 0.3) is 11.4 Å². The summed E-state index contributed by atoms with van der Waals surface area (Å²) in [5, 5.41) is 13.3. The average molecular weight is 290 g/mol. The number of carbonyl (C=O) groups is 1. The monoisotopic (exact) mass is 290 g/mol. The van der Waals surface area contributed by atoms with Crippen molar-refractivity contribution in [3.05, 3.63) is 36.0 Å². The van der Waals surface area contributed by atoms with Gasteiger partial charge in [0.25, 0.3) is 0 Å². The van der Waals surface area contributed by atoms with Crippen molar-refractivity contribution in [1.82, 2.24) is 10.1 Å². The van der Waals surface area contributed by atoms with Crippen LogP contribution < -0.4 is 0 Å². The minimum atomic E-state index is -0.804. The fourth-order valence-corrected chi connectivity index (χ4v) is 2.85. The van der Waals surface area contributed by atoms with Gasteiger partial charge in [-0.3, -0.25) is 4.79 Å². The van der Waals surface area contributed by atoms with E-state index < -0.39 is 11.4 Å². The maximum Gasteiger partial charge on any atom is 0.310 e. The van der Waals surface area contributed by atoms with Crippen molar-refractivity contribution in [3.63, 3.8) is 0 Å². The molecule has 1 fully saturated rings. The molecule has 1 aliphatic rings. The second-order valence-electron chi connectivity index (χ2n) is 5.49. The van der Waals surface area contributed by atoms with Crippen LogP contribution in [0.15, 0.2) is 28.8 Å². The number of nitrogens with zero attached hydrogens (tertiary/aromatic N) is 2. The summed E-state index contributed by atoms with van der Waals surface area (Å²) < 4.78 is 18.1. The van der Waals surface area contributed by atoms with Crippen LogP contribution in [0.5, 0.6) is 0 Å². The Kier molecular flexibility index (Phi) is 3.45.